The van der Waals surface area contributed by atoms with Gasteiger partial charge in [-0.3, -0.25) is 4.79 Å². The summed E-state index contributed by atoms with van der Waals surface area (Å²) < 4.78 is 5.24. The molecule has 4 unspecified atom stereocenters. The Morgan fingerprint density at radius 2 is 2.09 bits per heavy atom. The fourth-order valence-corrected chi connectivity index (χ4v) is 1.64. The molecule has 2 bridgehead atoms. The lowest BCUT2D eigenvalue weighted by atomic mass is 9.90. The average Bonchev–Trinajstić information content (AvgIpc) is 2.44. The molecule has 0 spiro atoms. The number of hydrogen-bond donors (Lipinski definition) is 2. The fraction of sp³-hybridized carbons (Fsp3) is 0.571. The van der Waals surface area contributed by atoms with E-state index in [1.54, 1.807) is 6.08 Å². The van der Waals surface area contributed by atoms with E-state index in [1.165, 1.54) is 0 Å². The highest BCUT2D eigenvalue weighted by Gasteiger charge is 2.47. The number of carboxylic acid groups (broad SMARTS) is 1. The van der Waals surface area contributed by atoms with Gasteiger partial charge in [0.25, 0.3) is 0 Å². The molecule has 0 radical (unpaired) electrons. The summed E-state index contributed by atoms with van der Waals surface area (Å²) in [5.41, 5.74) is 5.61. The summed E-state index contributed by atoms with van der Waals surface area (Å²) in [5, 5.41) is 8.71. The van der Waals surface area contributed by atoms with E-state index < -0.39 is 11.9 Å². The summed E-state index contributed by atoms with van der Waals surface area (Å²) in [4.78, 5) is 10.6. The molecule has 4 heteroatoms. The zero-order valence-corrected chi connectivity index (χ0v) is 5.81. The zero-order chi connectivity index (χ0) is 8.01. The number of carbonyl (C=O) groups is 1. The summed E-state index contributed by atoms with van der Waals surface area (Å²) in [5.74, 6) is -1.42. The molecule has 60 valence electrons. The maximum Gasteiger partial charge on any atom is 0.311 e. The van der Waals surface area contributed by atoms with Crippen LogP contribution in [0.5, 0.6) is 0 Å². The highest BCUT2D eigenvalue weighted by atomic mass is 16.5. The van der Waals surface area contributed by atoms with Crippen LogP contribution in [0, 0.1) is 5.92 Å². The van der Waals surface area contributed by atoms with Crippen molar-refractivity contribution in [3.05, 3.63) is 12.2 Å². The van der Waals surface area contributed by atoms with Crippen LogP contribution in [0.15, 0.2) is 12.2 Å². The largest absolute Gasteiger partial charge is 0.481 e. The Hall–Kier alpha value is -0.870. The molecule has 4 atom stereocenters. The van der Waals surface area contributed by atoms with Gasteiger partial charge in [0.15, 0.2) is 0 Å². The summed E-state index contributed by atoms with van der Waals surface area (Å²) in [7, 11) is 0. The van der Waals surface area contributed by atoms with Gasteiger partial charge in [-0.2, -0.15) is 0 Å². The molecule has 1 fully saturated rings. The summed E-state index contributed by atoms with van der Waals surface area (Å²) in [6, 6.07) is -0.373. The van der Waals surface area contributed by atoms with Crippen molar-refractivity contribution < 1.29 is 14.6 Å². The highest BCUT2D eigenvalue weighted by Crippen LogP contribution is 2.32. The second kappa shape index (κ2) is 2.06. The summed E-state index contributed by atoms with van der Waals surface area (Å²) in [6.07, 6.45) is 3.12. The average molecular weight is 155 g/mol. The number of ether oxygens (including phenoxy) is 1. The number of rotatable bonds is 1. The number of nitrogens with two attached hydrogens (primary N) is 1. The van der Waals surface area contributed by atoms with Crippen molar-refractivity contribution in [2.75, 3.05) is 0 Å². The number of carboxylic acids is 1. The molecule has 0 saturated carbocycles. The SMILES string of the molecule is NC1C2C=CC(O2)C1C(=O)O. The minimum Gasteiger partial charge on any atom is -0.481 e. The molecular weight excluding hydrogens is 146 g/mol. The molecule has 3 N–H and O–H groups in total. The normalized spacial score (nSPS) is 46.6. The Morgan fingerprint density at radius 3 is 2.45 bits per heavy atom. The molecule has 2 aliphatic heterocycles. The maximum absolute atomic E-state index is 10.6. The lowest BCUT2D eigenvalue weighted by Gasteiger charge is -2.16. The van der Waals surface area contributed by atoms with Crippen molar-refractivity contribution in [3.8, 4) is 0 Å². The lowest BCUT2D eigenvalue weighted by Crippen LogP contribution is -2.41. The molecule has 0 aromatic heterocycles. The van der Waals surface area contributed by atoms with Crippen LogP contribution in [0.25, 0.3) is 0 Å². The molecule has 0 aromatic rings. The van der Waals surface area contributed by atoms with Gasteiger partial charge in [-0.05, 0) is 0 Å². The third-order valence-corrected chi connectivity index (χ3v) is 2.24. The smallest absolute Gasteiger partial charge is 0.311 e. The maximum atomic E-state index is 10.6. The summed E-state index contributed by atoms with van der Waals surface area (Å²) in [6.45, 7) is 0. The van der Waals surface area contributed by atoms with Crippen LogP contribution < -0.4 is 5.73 Å². The molecule has 1 saturated heterocycles. The van der Waals surface area contributed by atoms with Crippen LogP contribution in [-0.2, 0) is 9.53 Å². The van der Waals surface area contributed by atoms with Crippen LogP contribution >= 0.6 is 0 Å². The Balaban J connectivity index is 2.25. The molecule has 4 nitrogen and oxygen atoms in total. The lowest BCUT2D eigenvalue weighted by molar-refractivity contribution is -0.143. The zero-order valence-electron chi connectivity index (χ0n) is 5.81. The van der Waals surface area contributed by atoms with E-state index >= 15 is 0 Å². The van der Waals surface area contributed by atoms with Crippen molar-refractivity contribution in [3.63, 3.8) is 0 Å². The second-order valence-electron chi connectivity index (χ2n) is 2.89. The molecule has 11 heavy (non-hydrogen) atoms. The molecule has 0 aromatic carbocycles. The van der Waals surface area contributed by atoms with Gasteiger partial charge in [0, 0.05) is 0 Å². The molecule has 2 rings (SSSR count). The first kappa shape index (κ1) is 6.82. The number of hydrogen-bond acceptors (Lipinski definition) is 3. The van der Waals surface area contributed by atoms with Crippen molar-refractivity contribution in [2.24, 2.45) is 11.7 Å². The number of fused-ring (bicyclic) bond motifs is 2. The highest BCUT2D eigenvalue weighted by molar-refractivity contribution is 5.73. The monoisotopic (exact) mass is 155 g/mol. The second-order valence-corrected chi connectivity index (χ2v) is 2.89. The molecular formula is C7H9NO3. The van der Waals surface area contributed by atoms with Gasteiger partial charge in [0.1, 0.15) is 5.92 Å². The topological polar surface area (TPSA) is 72.5 Å². The Kier molecular flexibility index (Phi) is 1.27. The number of aliphatic carboxylic acids is 1. The van der Waals surface area contributed by atoms with Gasteiger partial charge >= 0.3 is 5.97 Å². The van der Waals surface area contributed by atoms with Gasteiger partial charge in [-0.1, -0.05) is 12.2 Å². The van der Waals surface area contributed by atoms with Gasteiger partial charge in [0.2, 0.25) is 0 Å². The standard InChI is InChI=1S/C7H9NO3/c8-6-4-2-1-3(11-4)5(6)7(9)10/h1-6H,8H2,(H,9,10). The van der Waals surface area contributed by atoms with Crippen molar-refractivity contribution >= 4 is 5.97 Å². The van der Waals surface area contributed by atoms with E-state index in [1.807, 2.05) is 6.08 Å². The van der Waals surface area contributed by atoms with E-state index in [0.717, 1.165) is 0 Å². The van der Waals surface area contributed by atoms with E-state index in [9.17, 15) is 4.79 Å². The van der Waals surface area contributed by atoms with E-state index in [0.29, 0.717) is 0 Å². The fourth-order valence-electron chi connectivity index (χ4n) is 1.64. The van der Waals surface area contributed by atoms with E-state index in [2.05, 4.69) is 0 Å². The Bertz CT molecular complexity index is 226. The first-order chi connectivity index (χ1) is 5.20. The molecule has 0 amide bonds. The van der Waals surface area contributed by atoms with Crippen molar-refractivity contribution in [1.29, 1.82) is 0 Å². The van der Waals surface area contributed by atoms with Crippen LogP contribution in [0.3, 0.4) is 0 Å². The minimum absolute atomic E-state index is 0.180. The predicted molar refractivity (Wildman–Crippen MR) is 36.9 cm³/mol. The summed E-state index contributed by atoms with van der Waals surface area (Å²) >= 11 is 0. The van der Waals surface area contributed by atoms with Gasteiger partial charge in [-0.15, -0.1) is 0 Å². The van der Waals surface area contributed by atoms with Crippen LogP contribution in [0.2, 0.25) is 0 Å². The van der Waals surface area contributed by atoms with E-state index in [-0.39, 0.29) is 18.2 Å². The Morgan fingerprint density at radius 1 is 1.45 bits per heavy atom. The predicted octanol–water partition coefficient (Wildman–Crippen LogP) is -0.648. The van der Waals surface area contributed by atoms with Crippen LogP contribution in [0.1, 0.15) is 0 Å². The molecule has 0 aliphatic carbocycles. The molecule has 2 aliphatic rings. The van der Waals surface area contributed by atoms with Gasteiger partial charge in [0.05, 0.1) is 18.2 Å². The van der Waals surface area contributed by atoms with E-state index in [4.69, 9.17) is 15.6 Å². The third kappa shape index (κ3) is 0.797. The van der Waals surface area contributed by atoms with Crippen molar-refractivity contribution in [2.45, 2.75) is 18.2 Å². The first-order valence-corrected chi connectivity index (χ1v) is 3.52. The molecule has 2 heterocycles. The first-order valence-electron chi connectivity index (χ1n) is 3.52. The minimum atomic E-state index is -0.866. The van der Waals surface area contributed by atoms with Crippen LogP contribution in [-0.4, -0.2) is 29.3 Å². The third-order valence-electron chi connectivity index (χ3n) is 2.24. The van der Waals surface area contributed by atoms with Crippen LogP contribution in [0.4, 0.5) is 0 Å². The quantitative estimate of drug-likeness (QED) is 0.493. The van der Waals surface area contributed by atoms with Gasteiger partial charge in [-0.25, -0.2) is 0 Å². The van der Waals surface area contributed by atoms with Gasteiger partial charge < -0.3 is 15.6 Å². The van der Waals surface area contributed by atoms with Crippen molar-refractivity contribution in [1.82, 2.24) is 0 Å². The Labute approximate surface area is 63.6 Å².